The molecule has 0 saturated carbocycles. The maximum absolute atomic E-state index is 9.25. The first kappa shape index (κ1) is 20.2. The molecule has 0 amide bonds. The Bertz CT molecular complexity index is 2960. The van der Waals surface area contributed by atoms with Crippen molar-refractivity contribution in [3.63, 3.8) is 0 Å². The molecule has 47 heavy (non-hydrogen) atoms. The van der Waals surface area contributed by atoms with E-state index < -0.39 is 24.2 Å². The Morgan fingerprint density at radius 3 is 1.68 bits per heavy atom. The predicted molar refractivity (Wildman–Crippen MR) is 199 cm³/mol. The molecular weight excluding hydrogens is 569 g/mol. The zero-order chi connectivity index (χ0) is 38.3. The Balaban J connectivity index is 1.28. The highest BCUT2D eigenvalue weighted by molar-refractivity contribution is 6.21. The van der Waals surface area contributed by atoms with Crippen LogP contribution >= 0.6 is 0 Å². The molecule has 1 heterocycles. The van der Waals surface area contributed by atoms with Gasteiger partial charge in [0, 0.05) is 12.1 Å². The van der Waals surface area contributed by atoms with Crippen LogP contribution in [0.15, 0.2) is 164 Å². The van der Waals surface area contributed by atoms with Crippen LogP contribution in [0.3, 0.4) is 0 Å². The predicted octanol–water partition coefficient (Wildman–Crippen LogP) is 12.0. The van der Waals surface area contributed by atoms with Gasteiger partial charge in [-0.3, -0.25) is 4.57 Å². The van der Waals surface area contributed by atoms with E-state index in [0.717, 1.165) is 50.9 Å². The Morgan fingerprint density at radius 1 is 0.532 bits per heavy atom. The highest BCUT2D eigenvalue weighted by atomic mass is 15.1. The largest absolute Gasteiger partial charge is 0.296 e. The van der Waals surface area contributed by atoms with E-state index in [-0.39, 0.29) is 45.7 Å². The van der Waals surface area contributed by atoms with Crippen molar-refractivity contribution in [3.05, 3.63) is 169 Å². The van der Waals surface area contributed by atoms with Crippen LogP contribution < -0.4 is 0 Å². The summed E-state index contributed by atoms with van der Waals surface area (Å²) in [7, 11) is 0. The van der Waals surface area contributed by atoms with Crippen molar-refractivity contribution >= 4 is 43.4 Å². The van der Waals surface area contributed by atoms with Gasteiger partial charge >= 0.3 is 0 Å². The Hall–Kier alpha value is -5.99. The molecule has 0 bridgehead atoms. The number of aryl methyl sites for hydroxylation is 1. The first-order valence-electron chi connectivity index (χ1n) is 19.7. The van der Waals surface area contributed by atoms with E-state index in [1.54, 1.807) is 0 Å². The fourth-order valence-corrected chi connectivity index (χ4v) is 6.78. The second kappa shape index (κ2) is 11.1. The van der Waals surface area contributed by atoms with Gasteiger partial charge in [0.1, 0.15) is 5.82 Å². The summed E-state index contributed by atoms with van der Waals surface area (Å²) in [6.07, 6.45) is 0.781. The fourth-order valence-electron chi connectivity index (χ4n) is 6.78. The number of benzene rings is 8. The molecular formula is C45H32N2. The van der Waals surface area contributed by atoms with Crippen LogP contribution in [0.25, 0.3) is 82.4 Å². The number of aromatic nitrogens is 2. The summed E-state index contributed by atoms with van der Waals surface area (Å²) in [6.45, 7) is 2.09. The summed E-state index contributed by atoms with van der Waals surface area (Å²) >= 11 is 0. The lowest BCUT2D eigenvalue weighted by Gasteiger charge is -2.18. The average molecular weight is 609 g/mol. The fraction of sp³-hybridized carbons (Fsp3) is 0.0444. The molecule has 2 nitrogen and oxygen atoms in total. The molecule has 0 radical (unpaired) electrons. The number of para-hydroxylation sites is 2. The van der Waals surface area contributed by atoms with E-state index in [2.05, 4.69) is 41.8 Å². The summed E-state index contributed by atoms with van der Waals surface area (Å²) in [4.78, 5) is 4.82. The SMILES string of the molecule is [2H]c1c([2H])c([2H])c2c(-c3ccc4ccccc4c3)c3c([2H])c([2H])c([2H])c([2H])c3c(-c3ccc(-c4ccc(-n5c(CC)nc6ccccc65)cc4)cc3)c2c1[2H]. The van der Waals surface area contributed by atoms with Gasteiger partial charge in [0.05, 0.1) is 22.0 Å². The minimum atomic E-state index is -0.419. The van der Waals surface area contributed by atoms with Gasteiger partial charge in [-0.25, -0.2) is 4.98 Å². The third-order valence-corrected chi connectivity index (χ3v) is 8.99. The van der Waals surface area contributed by atoms with Gasteiger partial charge in [0.25, 0.3) is 0 Å². The standard InChI is InChI=1S/C45H32N2/c1-2-43-46-41-17-9-10-18-42(41)47(43)36-27-25-32(26-28-36)31-19-22-33(23-20-31)44-37-13-5-7-15-39(37)45(40-16-8-6-14-38(40)44)35-24-21-30-11-3-4-12-34(30)29-35/h3-29H,2H2,1H3/i5D,6D,7D,8D,13D,14D,15D,16D. The van der Waals surface area contributed by atoms with E-state index in [9.17, 15) is 5.48 Å². The van der Waals surface area contributed by atoms with Crippen molar-refractivity contribution in [2.24, 2.45) is 0 Å². The number of fused-ring (bicyclic) bond motifs is 4. The number of hydrogen-bond donors (Lipinski definition) is 0. The summed E-state index contributed by atoms with van der Waals surface area (Å²) in [5, 5.41) is 2.65. The third-order valence-electron chi connectivity index (χ3n) is 8.99. The van der Waals surface area contributed by atoms with Gasteiger partial charge < -0.3 is 0 Å². The maximum atomic E-state index is 9.25. The minimum absolute atomic E-state index is 0.197. The molecule has 0 aliphatic carbocycles. The molecule has 0 spiro atoms. The molecule has 0 saturated heterocycles. The monoisotopic (exact) mass is 608 g/mol. The smallest absolute Gasteiger partial charge is 0.114 e. The molecule has 0 fully saturated rings. The Kier molecular flexibility index (Phi) is 4.78. The average Bonchev–Trinajstić information content (AvgIpc) is 3.61. The highest BCUT2D eigenvalue weighted by Gasteiger charge is 2.17. The van der Waals surface area contributed by atoms with Gasteiger partial charge in [-0.05, 0) is 96.0 Å². The van der Waals surface area contributed by atoms with Gasteiger partial charge in [-0.15, -0.1) is 0 Å². The van der Waals surface area contributed by atoms with Gasteiger partial charge in [0.2, 0.25) is 0 Å². The van der Waals surface area contributed by atoms with Crippen LogP contribution in [-0.4, -0.2) is 9.55 Å². The van der Waals surface area contributed by atoms with Gasteiger partial charge in [0.15, 0.2) is 0 Å². The molecule has 0 N–H and O–H groups in total. The number of imidazole rings is 1. The molecule has 8 aromatic carbocycles. The van der Waals surface area contributed by atoms with Gasteiger partial charge in [-0.2, -0.15) is 0 Å². The molecule has 9 rings (SSSR count). The third kappa shape index (κ3) is 4.53. The lowest BCUT2D eigenvalue weighted by atomic mass is 9.85. The lowest BCUT2D eigenvalue weighted by Crippen LogP contribution is -1.99. The second-order valence-corrected chi connectivity index (χ2v) is 11.6. The van der Waals surface area contributed by atoms with Crippen molar-refractivity contribution in [1.82, 2.24) is 9.55 Å². The van der Waals surface area contributed by atoms with Crippen LogP contribution in [0.5, 0.6) is 0 Å². The molecule has 1 aromatic heterocycles. The Morgan fingerprint density at radius 2 is 1.04 bits per heavy atom. The minimum Gasteiger partial charge on any atom is -0.296 e. The van der Waals surface area contributed by atoms with E-state index in [4.69, 9.17) is 10.5 Å². The van der Waals surface area contributed by atoms with E-state index in [0.29, 0.717) is 22.3 Å². The van der Waals surface area contributed by atoms with Crippen molar-refractivity contribution in [2.75, 3.05) is 0 Å². The van der Waals surface area contributed by atoms with Gasteiger partial charge in [-0.1, -0.05) is 140 Å². The van der Waals surface area contributed by atoms with Crippen molar-refractivity contribution in [3.8, 4) is 39.1 Å². The van der Waals surface area contributed by atoms with Crippen molar-refractivity contribution < 1.29 is 11.0 Å². The highest BCUT2D eigenvalue weighted by Crippen LogP contribution is 2.44. The zero-order valence-corrected chi connectivity index (χ0v) is 25.6. The molecule has 0 aliphatic heterocycles. The second-order valence-electron chi connectivity index (χ2n) is 11.6. The number of rotatable bonds is 5. The molecule has 0 aliphatic rings. The van der Waals surface area contributed by atoms with E-state index in [1.807, 2.05) is 84.9 Å². The van der Waals surface area contributed by atoms with E-state index in [1.165, 1.54) is 0 Å². The summed E-state index contributed by atoms with van der Waals surface area (Å²) < 4.78 is 74.0. The van der Waals surface area contributed by atoms with E-state index >= 15 is 0 Å². The summed E-state index contributed by atoms with van der Waals surface area (Å²) in [5.74, 6) is 0.973. The number of hydrogen-bond acceptors (Lipinski definition) is 1. The summed E-state index contributed by atoms with van der Waals surface area (Å²) in [6, 6.07) is 34.5. The topological polar surface area (TPSA) is 17.8 Å². The Labute approximate surface area is 285 Å². The molecule has 9 aromatic rings. The van der Waals surface area contributed by atoms with Crippen molar-refractivity contribution in [1.29, 1.82) is 0 Å². The van der Waals surface area contributed by atoms with Crippen LogP contribution in [0.4, 0.5) is 0 Å². The number of nitrogens with zero attached hydrogens (tertiary/aromatic N) is 2. The van der Waals surface area contributed by atoms with Crippen molar-refractivity contribution in [2.45, 2.75) is 13.3 Å². The quantitative estimate of drug-likeness (QED) is 0.178. The summed E-state index contributed by atoms with van der Waals surface area (Å²) in [5.41, 5.74) is 6.67. The normalized spacial score (nSPS) is 14.0. The molecule has 0 unspecified atom stereocenters. The lowest BCUT2D eigenvalue weighted by molar-refractivity contribution is 0.908. The zero-order valence-electron chi connectivity index (χ0n) is 33.6. The molecule has 0 atom stereocenters. The first-order chi connectivity index (χ1) is 26.6. The van der Waals surface area contributed by atoms with Crippen LogP contribution in [0.2, 0.25) is 0 Å². The van der Waals surface area contributed by atoms with Crippen LogP contribution in [0.1, 0.15) is 23.7 Å². The first-order valence-corrected chi connectivity index (χ1v) is 15.7. The molecule has 2 heteroatoms. The maximum Gasteiger partial charge on any atom is 0.114 e. The van der Waals surface area contributed by atoms with Crippen LogP contribution in [0, 0.1) is 0 Å². The van der Waals surface area contributed by atoms with Crippen LogP contribution in [-0.2, 0) is 6.42 Å². The molecule has 222 valence electrons.